The van der Waals surface area contributed by atoms with Gasteiger partial charge in [0.25, 0.3) is 0 Å². The van der Waals surface area contributed by atoms with Crippen LogP contribution in [0, 0.1) is 0 Å². The molecule has 1 saturated heterocycles. The lowest BCUT2D eigenvalue weighted by atomic mass is 10.1. The molecule has 152 valence electrons. The Bertz CT molecular complexity index is 604. The molecule has 2 rings (SSSR count). The van der Waals surface area contributed by atoms with Gasteiger partial charge >= 0.3 is 6.09 Å². The van der Waals surface area contributed by atoms with E-state index in [1.54, 1.807) is 11.9 Å². The molecule has 0 bridgehead atoms. The predicted octanol–water partition coefficient (Wildman–Crippen LogP) is 2.99. The molecular weight excluding hydrogens is 459 g/mol. The minimum atomic E-state index is -0.220. The van der Waals surface area contributed by atoms with Crippen LogP contribution in [0.25, 0.3) is 0 Å². The Morgan fingerprint density at radius 1 is 1.26 bits per heavy atom. The van der Waals surface area contributed by atoms with Crippen molar-refractivity contribution in [2.45, 2.75) is 39.3 Å². The second-order valence-corrected chi connectivity index (χ2v) is 6.11. The van der Waals surface area contributed by atoms with Gasteiger partial charge in [-0.25, -0.2) is 4.79 Å². The number of carbonyl (C=O) groups excluding carboxylic acids is 1. The van der Waals surface area contributed by atoms with Gasteiger partial charge in [-0.05, 0) is 44.4 Å². The average Bonchev–Trinajstić information content (AvgIpc) is 2.66. The summed E-state index contributed by atoms with van der Waals surface area (Å²) in [4.78, 5) is 17.8. The lowest BCUT2D eigenvalue weighted by Gasteiger charge is -2.32. The molecule has 1 aliphatic rings. The van der Waals surface area contributed by atoms with Gasteiger partial charge in [-0.2, -0.15) is 0 Å². The molecule has 0 aromatic heterocycles. The van der Waals surface area contributed by atoms with Crippen LogP contribution in [0.3, 0.4) is 0 Å². The molecule has 1 aromatic carbocycles. The summed E-state index contributed by atoms with van der Waals surface area (Å²) in [5.41, 5.74) is 1.14. The zero-order valence-electron chi connectivity index (χ0n) is 16.4. The quantitative estimate of drug-likeness (QED) is 0.365. The van der Waals surface area contributed by atoms with Crippen LogP contribution >= 0.6 is 24.0 Å². The van der Waals surface area contributed by atoms with E-state index in [1.807, 2.05) is 32.0 Å². The summed E-state index contributed by atoms with van der Waals surface area (Å²) in [6.45, 7) is 6.94. The summed E-state index contributed by atoms with van der Waals surface area (Å²) >= 11 is 0. The van der Waals surface area contributed by atoms with Crippen molar-refractivity contribution < 1.29 is 14.3 Å². The molecule has 1 amide bonds. The zero-order valence-corrected chi connectivity index (χ0v) is 18.7. The third-order valence-electron chi connectivity index (χ3n) is 4.25. The minimum absolute atomic E-state index is 0. The smallest absolute Gasteiger partial charge is 0.409 e. The first-order valence-electron chi connectivity index (χ1n) is 9.26. The number of benzene rings is 1. The van der Waals surface area contributed by atoms with Crippen LogP contribution in [-0.4, -0.2) is 56.3 Å². The molecule has 8 heteroatoms. The molecule has 0 spiro atoms. The number of nitrogens with one attached hydrogen (secondary N) is 2. The summed E-state index contributed by atoms with van der Waals surface area (Å²) in [5, 5.41) is 6.77. The highest BCUT2D eigenvalue weighted by Gasteiger charge is 2.23. The number of rotatable bonds is 6. The fraction of sp³-hybridized carbons (Fsp3) is 0.579. The van der Waals surface area contributed by atoms with E-state index in [-0.39, 0.29) is 30.1 Å². The number of amides is 1. The van der Waals surface area contributed by atoms with E-state index in [1.165, 1.54) is 0 Å². The molecule has 27 heavy (non-hydrogen) atoms. The molecule has 2 N–H and O–H groups in total. The van der Waals surface area contributed by atoms with Crippen LogP contribution in [-0.2, 0) is 11.3 Å². The third-order valence-corrected chi connectivity index (χ3v) is 4.25. The second kappa shape index (κ2) is 12.6. The summed E-state index contributed by atoms with van der Waals surface area (Å²) < 4.78 is 10.6. The minimum Gasteiger partial charge on any atom is -0.494 e. The Labute approximate surface area is 178 Å². The monoisotopic (exact) mass is 490 g/mol. The van der Waals surface area contributed by atoms with Gasteiger partial charge in [-0.1, -0.05) is 12.1 Å². The number of guanidine groups is 1. The van der Waals surface area contributed by atoms with Gasteiger partial charge in [0, 0.05) is 32.7 Å². The topological polar surface area (TPSA) is 75.2 Å². The number of nitrogens with zero attached hydrogens (tertiary/aromatic N) is 2. The summed E-state index contributed by atoms with van der Waals surface area (Å²) in [6, 6.07) is 8.32. The van der Waals surface area contributed by atoms with E-state index in [0.29, 0.717) is 38.9 Å². The Morgan fingerprint density at radius 2 is 2.00 bits per heavy atom. The summed E-state index contributed by atoms with van der Waals surface area (Å²) in [6.07, 6.45) is 1.53. The first kappa shape index (κ1) is 23.3. The lowest BCUT2D eigenvalue weighted by molar-refractivity contribution is 0.0963. The highest BCUT2D eigenvalue weighted by molar-refractivity contribution is 14.0. The van der Waals surface area contributed by atoms with Crippen LogP contribution in [0.15, 0.2) is 29.3 Å². The molecule has 1 fully saturated rings. The molecule has 0 saturated carbocycles. The Balaban J connectivity index is 0.00000364. The van der Waals surface area contributed by atoms with Crippen molar-refractivity contribution in [3.63, 3.8) is 0 Å². The number of piperidine rings is 1. The Hall–Kier alpha value is -1.71. The SMILES string of the molecule is CCOC(=O)N1CCC(NC(=NC)NCc2cccc(OCC)c2)CC1.I. The predicted molar refractivity (Wildman–Crippen MR) is 118 cm³/mol. The van der Waals surface area contributed by atoms with Crippen molar-refractivity contribution in [2.75, 3.05) is 33.4 Å². The molecule has 1 aromatic rings. The summed E-state index contributed by atoms with van der Waals surface area (Å²) in [7, 11) is 1.76. The number of hydrogen-bond donors (Lipinski definition) is 2. The van der Waals surface area contributed by atoms with Crippen LogP contribution in [0.2, 0.25) is 0 Å². The maximum Gasteiger partial charge on any atom is 0.409 e. The van der Waals surface area contributed by atoms with Crippen LogP contribution in [0.1, 0.15) is 32.3 Å². The van der Waals surface area contributed by atoms with Crippen molar-refractivity contribution in [1.82, 2.24) is 15.5 Å². The first-order valence-corrected chi connectivity index (χ1v) is 9.26. The van der Waals surface area contributed by atoms with Crippen molar-refractivity contribution in [2.24, 2.45) is 4.99 Å². The molecule has 0 unspecified atom stereocenters. The first-order chi connectivity index (χ1) is 12.7. The van der Waals surface area contributed by atoms with E-state index in [0.717, 1.165) is 30.1 Å². The number of aliphatic imine (C=N–C) groups is 1. The third kappa shape index (κ3) is 7.82. The molecule has 0 aliphatic carbocycles. The van der Waals surface area contributed by atoms with E-state index in [2.05, 4.69) is 21.7 Å². The number of likely N-dealkylation sites (tertiary alicyclic amines) is 1. The van der Waals surface area contributed by atoms with Gasteiger partial charge in [0.1, 0.15) is 5.75 Å². The number of carbonyl (C=O) groups is 1. The highest BCUT2D eigenvalue weighted by atomic mass is 127. The molecule has 0 atom stereocenters. The average molecular weight is 490 g/mol. The van der Waals surface area contributed by atoms with E-state index < -0.39 is 0 Å². The second-order valence-electron chi connectivity index (χ2n) is 6.11. The van der Waals surface area contributed by atoms with Crippen LogP contribution in [0.4, 0.5) is 4.79 Å². The maximum absolute atomic E-state index is 11.8. The van der Waals surface area contributed by atoms with Gasteiger partial charge in [0.2, 0.25) is 0 Å². The van der Waals surface area contributed by atoms with Gasteiger partial charge in [0.05, 0.1) is 13.2 Å². The molecule has 1 aliphatic heterocycles. The van der Waals surface area contributed by atoms with Crippen molar-refractivity contribution in [3.8, 4) is 5.75 Å². The van der Waals surface area contributed by atoms with E-state index in [9.17, 15) is 4.79 Å². The van der Waals surface area contributed by atoms with Gasteiger partial charge in [-0.15, -0.1) is 24.0 Å². The maximum atomic E-state index is 11.8. The molecule has 0 radical (unpaired) electrons. The van der Waals surface area contributed by atoms with Crippen molar-refractivity contribution in [1.29, 1.82) is 0 Å². The van der Waals surface area contributed by atoms with Crippen molar-refractivity contribution in [3.05, 3.63) is 29.8 Å². The van der Waals surface area contributed by atoms with Gasteiger partial charge in [0.15, 0.2) is 5.96 Å². The van der Waals surface area contributed by atoms with Gasteiger partial charge in [-0.3, -0.25) is 4.99 Å². The zero-order chi connectivity index (χ0) is 18.8. The number of ether oxygens (including phenoxy) is 2. The van der Waals surface area contributed by atoms with Crippen LogP contribution < -0.4 is 15.4 Å². The Morgan fingerprint density at radius 3 is 2.63 bits per heavy atom. The lowest BCUT2D eigenvalue weighted by Crippen LogP contribution is -2.49. The standard InChI is InChI=1S/C19H30N4O3.HI/c1-4-25-17-8-6-7-15(13-17)14-21-18(20-3)22-16-9-11-23(12-10-16)19(24)26-5-2;/h6-8,13,16H,4-5,9-12,14H2,1-3H3,(H2,20,21,22);1H. The number of halogens is 1. The van der Waals surface area contributed by atoms with Gasteiger partial charge < -0.3 is 25.0 Å². The van der Waals surface area contributed by atoms with Crippen LogP contribution in [0.5, 0.6) is 5.75 Å². The highest BCUT2D eigenvalue weighted by Crippen LogP contribution is 2.14. The normalized spacial score (nSPS) is 14.9. The molecular formula is C19H31IN4O3. The fourth-order valence-corrected chi connectivity index (χ4v) is 2.91. The summed E-state index contributed by atoms with van der Waals surface area (Å²) in [5.74, 6) is 1.64. The fourth-order valence-electron chi connectivity index (χ4n) is 2.91. The number of hydrogen-bond acceptors (Lipinski definition) is 4. The van der Waals surface area contributed by atoms with E-state index >= 15 is 0 Å². The Kier molecular flexibility index (Phi) is 10.9. The largest absolute Gasteiger partial charge is 0.494 e. The van der Waals surface area contributed by atoms with Crippen molar-refractivity contribution >= 4 is 36.0 Å². The molecule has 7 nitrogen and oxygen atoms in total. The van der Waals surface area contributed by atoms with E-state index in [4.69, 9.17) is 9.47 Å². The molecule has 1 heterocycles.